The lowest BCUT2D eigenvalue weighted by Crippen LogP contribution is -2.58. The van der Waals surface area contributed by atoms with Gasteiger partial charge in [-0.2, -0.15) is 0 Å². The van der Waals surface area contributed by atoms with E-state index >= 15 is 0 Å². The van der Waals surface area contributed by atoms with Crippen LogP contribution in [0.5, 0.6) is 11.5 Å². The van der Waals surface area contributed by atoms with Crippen molar-refractivity contribution in [2.24, 2.45) is 5.92 Å². The number of fused-ring (bicyclic) bond motifs is 1. The van der Waals surface area contributed by atoms with Crippen LogP contribution in [0.2, 0.25) is 0 Å². The second-order valence-corrected chi connectivity index (χ2v) is 8.33. The lowest BCUT2D eigenvalue weighted by molar-refractivity contribution is -0.134. The van der Waals surface area contributed by atoms with Crippen LogP contribution in [0.3, 0.4) is 0 Å². The largest absolute Gasteiger partial charge is 0.486 e. The number of carbonyl (C=O) groups excluding carboxylic acids is 3. The van der Waals surface area contributed by atoms with Crippen LogP contribution in [0.1, 0.15) is 37.0 Å². The Morgan fingerprint density at radius 3 is 2.41 bits per heavy atom. The SMILES string of the molecule is CC(C)CN1C(=O)N(C)C(=O)C12CCN(C(=O)c1ccc3c(c1)OCCO3)CC2. The third-order valence-electron chi connectivity index (χ3n) is 5.95. The van der Waals surface area contributed by atoms with Crippen molar-refractivity contribution < 1.29 is 23.9 Å². The van der Waals surface area contributed by atoms with E-state index in [-0.39, 0.29) is 23.8 Å². The number of piperidine rings is 1. The summed E-state index contributed by atoms with van der Waals surface area (Å²) in [7, 11) is 1.54. The zero-order chi connectivity index (χ0) is 20.8. The van der Waals surface area contributed by atoms with Gasteiger partial charge in [-0.25, -0.2) is 4.79 Å². The van der Waals surface area contributed by atoms with Gasteiger partial charge in [0.05, 0.1) is 0 Å². The van der Waals surface area contributed by atoms with Crippen LogP contribution in [-0.4, -0.2) is 78.0 Å². The third-order valence-corrected chi connectivity index (χ3v) is 5.95. The van der Waals surface area contributed by atoms with Gasteiger partial charge in [0.2, 0.25) is 0 Å². The molecule has 2 saturated heterocycles. The number of ether oxygens (including phenoxy) is 2. The lowest BCUT2D eigenvalue weighted by atomic mass is 9.85. The minimum Gasteiger partial charge on any atom is -0.486 e. The molecule has 0 saturated carbocycles. The summed E-state index contributed by atoms with van der Waals surface area (Å²) >= 11 is 0. The minimum atomic E-state index is -0.834. The zero-order valence-electron chi connectivity index (χ0n) is 17.1. The number of likely N-dealkylation sites (tertiary alicyclic amines) is 1. The Labute approximate surface area is 170 Å². The fourth-order valence-electron chi connectivity index (χ4n) is 4.42. The number of amides is 4. The predicted octanol–water partition coefficient (Wildman–Crippen LogP) is 1.98. The van der Waals surface area contributed by atoms with E-state index in [4.69, 9.17) is 9.47 Å². The van der Waals surface area contributed by atoms with Crippen molar-refractivity contribution in [3.05, 3.63) is 23.8 Å². The molecule has 29 heavy (non-hydrogen) atoms. The standard InChI is InChI=1S/C21H27N3O5/c1-14(2)13-24-20(27)22(3)19(26)21(24)6-8-23(9-7-21)18(25)15-4-5-16-17(12-15)29-11-10-28-16/h4-5,12,14H,6-11,13H2,1-3H3. The molecule has 3 aliphatic heterocycles. The topological polar surface area (TPSA) is 79.4 Å². The van der Waals surface area contributed by atoms with E-state index in [1.807, 2.05) is 13.8 Å². The number of imide groups is 1. The van der Waals surface area contributed by atoms with Gasteiger partial charge in [0.1, 0.15) is 18.8 Å². The van der Waals surface area contributed by atoms with Crippen LogP contribution in [0, 0.1) is 5.92 Å². The fraction of sp³-hybridized carbons (Fsp3) is 0.571. The Hall–Kier alpha value is -2.77. The molecule has 1 aromatic carbocycles. The fourth-order valence-corrected chi connectivity index (χ4v) is 4.42. The van der Waals surface area contributed by atoms with Crippen LogP contribution in [-0.2, 0) is 4.79 Å². The smallest absolute Gasteiger partial charge is 0.327 e. The molecule has 2 fully saturated rings. The molecular weight excluding hydrogens is 374 g/mol. The zero-order valence-corrected chi connectivity index (χ0v) is 17.1. The monoisotopic (exact) mass is 401 g/mol. The molecular formula is C21H27N3O5. The average molecular weight is 401 g/mol. The lowest BCUT2D eigenvalue weighted by Gasteiger charge is -2.42. The van der Waals surface area contributed by atoms with E-state index in [1.54, 1.807) is 35.0 Å². The maximum absolute atomic E-state index is 13.0. The van der Waals surface area contributed by atoms with Crippen LogP contribution < -0.4 is 9.47 Å². The number of hydrogen-bond acceptors (Lipinski definition) is 5. The van der Waals surface area contributed by atoms with Gasteiger partial charge in [-0.1, -0.05) is 13.8 Å². The molecule has 156 valence electrons. The van der Waals surface area contributed by atoms with Crippen molar-refractivity contribution in [2.45, 2.75) is 32.2 Å². The molecule has 3 heterocycles. The van der Waals surface area contributed by atoms with Crippen LogP contribution >= 0.6 is 0 Å². The molecule has 0 unspecified atom stereocenters. The summed E-state index contributed by atoms with van der Waals surface area (Å²) in [5.41, 5.74) is -0.296. The molecule has 8 nitrogen and oxygen atoms in total. The van der Waals surface area contributed by atoms with Crippen molar-refractivity contribution in [1.29, 1.82) is 0 Å². The summed E-state index contributed by atoms with van der Waals surface area (Å²) in [6.45, 7) is 6.41. The van der Waals surface area contributed by atoms with Gasteiger partial charge in [0.15, 0.2) is 11.5 Å². The van der Waals surface area contributed by atoms with Crippen molar-refractivity contribution in [3.63, 3.8) is 0 Å². The molecule has 4 rings (SSSR count). The highest BCUT2D eigenvalue weighted by molar-refractivity contribution is 6.07. The molecule has 4 amide bonds. The summed E-state index contributed by atoms with van der Waals surface area (Å²) in [4.78, 5) is 43.2. The van der Waals surface area contributed by atoms with Gasteiger partial charge in [-0.05, 0) is 37.0 Å². The van der Waals surface area contributed by atoms with E-state index in [0.717, 1.165) is 0 Å². The van der Waals surface area contributed by atoms with Gasteiger partial charge in [-0.15, -0.1) is 0 Å². The summed E-state index contributed by atoms with van der Waals surface area (Å²) < 4.78 is 11.1. The van der Waals surface area contributed by atoms with Gasteiger partial charge in [0.25, 0.3) is 11.8 Å². The molecule has 8 heteroatoms. The van der Waals surface area contributed by atoms with Crippen LogP contribution in [0.4, 0.5) is 4.79 Å². The third kappa shape index (κ3) is 3.20. The normalized spacial score (nSPS) is 20.8. The first-order chi connectivity index (χ1) is 13.8. The molecule has 0 bridgehead atoms. The molecule has 1 spiro atoms. The van der Waals surface area contributed by atoms with Gasteiger partial charge >= 0.3 is 6.03 Å². The Morgan fingerprint density at radius 2 is 1.76 bits per heavy atom. The first kappa shape index (κ1) is 19.5. The summed E-state index contributed by atoms with van der Waals surface area (Å²) in [5.74, 6) is 1.23. The highest BCUT2D eigenvalue weighted by Gasteiger charge is 2.57. The number of likely N-dealkylation sites (N-methyl/N-ethyl adjacent to an activating group) is 1. The molecule has 0 radical (unpaired) electrons. The maximum Gasteiger partial charge on any atom is 0.327 e. The number of benzene rings is 1. The second kappa shape index (κ2) is 7.24. The molecule has 0 N–H and O–H groups in total. The highest BCUT2D eigenvalue weighted by atomic mass is 16.6. The molecule has 0 atom stereocenters. The molecule has 3 aliphatic rings. The Balaban J connectivity index is 1.50. The van der Waals surface area contributed by atoms with Gasteiger partial charge < -0.3 is 19.3 Å². The first-order valence-corrected chi connectivity index (χ1v) is 10.1. The second-order valence-electron chi connectivity index (χ2n) is 8.33. The van der Waals surface area contributed by atoms with Crippen molar-refractivity contribution in [1.82, 2.24) is 14.7 Å². The van der Waals surface area contributed by atoms with Gasteiger partial charge in [0, 0.05) is 32.2 Å². The maximum atomic E-state index is 13.0. The number of nitrogens with zero attached hydrogens (tertiary/aromatic N) is 3. The van der Waals surface area contributed by atoms with E-state index < -0.39 is 5.54 Å². The minimum absolute atomic E-state index is 0.0997. The van der Waals surface area contributed by atoms with Crippen molar-refractivity contribution >= 4 is 17.8 Å². The van der Waals surface area contributed by atoms with E-state index in [9.17, 15) is 14.4 Å². The molecule has 0 aliphatic carbocycles. The number of hydrogen-bond donors (Lipinski definition) is 0. The quantitative estimate of drug-likeness (QED) is 0.724. The van der Waals surface area contributed by atoms with Crippen molar-refractivity contribution in [3.8, 4) is 11.5 Å². The molecule has 1 aromatic rings. The average Bonchev–Trinajstić information content (AvgIpc) is 2.89. The highest BCUT2D eigenvalue weighted by Crippen LogP contribution is 2.38. The molecule has 0 aromatic heterocycles. The number of carbonyl (C=O) groups is 3. The van der Waals surface area contributed by atoms with E-state index in [1.165, 1.54) is 4.90 Å². The predicted molar refractivity (Wildman–Crippen MR) is 105 cm³/mol. The van der Waals surface area contributed by atoms with Crippen molar-refractivity contribution in [2.75, 3.05) is 39.9 Å². The van der Waals surface area contributed by atoms with E-state index in [2.05, 4.69) is 0 Å². The Morgan fingerprint density at radius 1 is 1.10 bits per heavy atom. The summed E-state index contributed by atoms with van der Waals surface area (Å²) in [6, 6.07) is 4.97. The number of urea groups is 1. The Bertz CT molecular complexity index is 845. The Kier molecular flexibility index (Phi) is 4.88. The summed E-state index contributed by atoms with van der Waals surface area (Å²) in [6.07, 6.45) is 0.899. The van der Waals surface area contributed by atoms with Crippen LogP contribution in [0.25, 0.3) is 0 Å². The summed E-state index contributed by atoms with van der Waals surface area (Å²) in [5, 5.41) is 0. The van der Waals surface area contributed by atoms with Gasteiger partial charge in [-0.3, -0.25) is 14.5 Å². The first-order valence-electron chi connectivity index (χ1n) is 10.1. The van der Waals surface area contributed by atoms with Crippen LogP contribution in [0.15, 0.2) is 18.2 Å². The van der Waals surface area contributed by atoms with E-state index in [0.29, 0.717) is 62.8 Å². The number of rotatable bonds is 3.